The highest BCUT2D eigenvalue weighted by atomic mass is 19.4. The van der Waals surface area contributed by atoms with Crippen LogP contribution in [0.3, 0.4) is 0 Å². The van der Waals surface area contributed by atoms with Crippen LogP contribution < -0.4 is 0 Å². The number of carboxylic acids is 1. The Morgan fingerprint density at radius 1 is 1.35 bits per heavy atom. The summed E-state index contributed by atoms with van der Waals surface area (Å²) < 4.78 is 37.3. The number of rotatable bonds is 3. The summed E-state index contributed by atoms with van der Waals surface area (Å²) in [5.41, 5.74) is -1.12. The molecule has 0 saturated heterocycles. The maximum absolute atomic E-state index is 12.4. The van der Waals surface area contributed by atoms with Crippen molar-refractivity contribution >= 4 is 11.5 Å². The summed E-state index contributed by atoms with van der Waals surface area (Å²) >= 11 is 0. The second kappa shape index (κ2) is 4.86. The lowest BCUT2D eigenvalue weighted by Gasteiger charge is -2.08. The third kappa shape index (κ3) is 3.21. The molecule has 0 aliphatic rings. The monoisotopic (exact) mass is 242 g/mol. The third-order valence-electron chi connectivity index (χ3n) is 2.02. The molecule has 0 unspecified atom stereocenters. The van der Waals surface area contributed by atoms with E-state index in [1.54, 1.807) is 0 Å². The zero-order valence-electron chi connectivity index (χ0n) is 8.66. The molecule has 0 amide bonds. The largest absolute Gasteiger partial charge is 0.478 e. The van der Waals surface area contributed by atoms with Crippen molar-refractivity contribution in [2.75, 3.05) is 0 Å². The van der Waals surface area contributed by atoms with Crippen LogP contribution in [0.25, 0.3) is 5.57 Å². The van der Waals surface area contributed by atoms with E-state index in [1.807, 2.05) is 0 Å². The van der Waals surface area contributed by atoms with Gasteiger partial charge in [-0.25, -0.2) is 4.79 Å². The number of alkyl halides is 3. The lowest BCUT2D eigenvalue weighted by Crippen LogP contribution is -2.06. The smallest absolute Gasteiger partial charge is 0.416 e. The molecule has 0 fully saturated rings. The van der Waals surface area contributed by atoms with Gasteiger partial charge >= 0.3 is 12.1 Å². The molecule has 0 bridgehead atoms. The van der Waals surface area contributed by atoms with Crippen LogP contribution in [0.4, 0.5) is 13.2 Å². The minimum Gasteiger partial charge on any atom is -0.478 e. The van der Waals surface area contributed by atoms with Gasteiger partial charge in [0.2, 0.25) is 0 Å². The molecule has 17 heavy (non-hydrogen) atoms. The van der Waals surface area contributed by atoms with Gasteiger partial charge in [-0.1, -0.05) is 24.8 Å². The molecular formula is C12H9F3O2. The van der Waals surface area contributed by atoms with E-state index in [9.17, 15) is 18.0 Å². The normalized spacial score (nSPS) is 12.3. The number of hydrogen-bond donors (Lipinski definition) is 1. The standard InChI is InChI=1S/C12H9F3O2/c1-2-4-10(11(16)17)8-5-3-6-9(7-8)12(13,14)15/h2-7H,1H2,(H,16,17). The minimum absolute atomic E-state index is 0.00720. The van der Waals surface area contributed by atoms with Crippen molar-refractivity contribution in [2.24, 2.45) is 0 Å². The van der Waals surface area contributed by atoms with Gasteiger partial charge in [0.15, 0.2) is 0 Å². The fourth-order valence-electron chi connectivity index (χ4n) is 1.27. The zero-order chi connectivity index (χ0) is 13.1. The molecule has 0 atom stereocenters. The zero-order valence-corrected chi connectivity index (χ0v) is 8.66. The van der Waals surface area contributed by atoms with Crippen LogP contribution in [0.2, 0.25) is 0 Å². The maximum atomic E-state index is 12.4. The Kier molecular flexibility index (Phi) is 3.73. The van der Waals surface area contributed by atoms with Gasteiger partial charge in [0.05, 0.1) is 11.1 Å². The summed E-state index contributed by atoms with van der Waals surface area (Å²) in [6, 6.07) is 4.15. The number of benzene rings is 1. The predicted molar refractivity (Wildman–Crippen MR) is 57.3 cm³/mol. The van der Waals surface area contributed by atoms with Crippen LogP contribution in [-0.2, 0) is 11.0 Å². The predicted octanol–water partition coefficient (Wildman–Crippen LogP) is 3.36. The number of carbonyl (C=O) groups is 1. The molecule has 2 nitrogen and oxygen atoms in total. The van der Waals surface area contributed by atoms with Gasteiger partial charge in [0.1, 0.15) is 0 Å². The molecule has 1 aromatic carbocycles. The van der Waals surface area contributed by atoms with E-state index < -0.39 is 17.7 Å². The van der Waals surface area contributed by atoms with Crippen LogP contribution >= 0.6 is 0 Å². The molecule has 0 radical (unpaired) electrons. The Hall–Kier alpha value is -2.04. The summed E-state index contributed by atoms with van der Waals surface area (Å²) in [7, 11) is 0. The number of halogens is 3. The first-order valence-corrected chi connectivity index (χ1v) is 4.60. The number of allylic oxidation sites excluding steroid dienone is 2. The van der Waals surface area contributed by atoms with E-state index in [2.05, 4.69) is 6.58 Å². The molecule has 0 aliphatic carbocycles. The van der Waals surface area contributed by atoms with Gasteiger partial charge in [-0.15, -0.1) is 0 Å². The van der Waals surface area contributed by atoms with Gasteiger partial charge < -0.3 is 5.11 Å². The fourth-order valence-corrected chi connectivity index (χ4v) is 1.27. The first kappa shape index (κ1) is 13.0. The average molecular weight is 242 g/mol. The Labute approximate surface area is 95.7 Å². The van der Waals surface area contributed by atoms with Crippen LogP contribution in [0.5, 0.6) is 0 Å². The first-order valence-electron chi connectivity index (χ1n) is 4.60. The van der Waals surface area contributed by atoms with Crippen molar-refractivity contribution in [3.63, 3.8) is 0 Å². The van der Waals surface area contributed by atoms with Crippen molar-refractivity contribution in [1.29, 1.82) is 0 Å². The molecule has 1 N–H and O–H groups in total. The first-order chi connectivity index (χ1) is 7.86. The van der Waals surface area contributed by atoms with Crippen molar-refractivity contribution in [3.05, 3.63) is 54.1 Å². The van der Waals surface area contributed by atoms with Gasteiger partial charge in [-0.2, -0.15) is 13.2 Å². The molecule has 0 aromatic heterocycles. The maximum Gasteiger partial charge on any atom is 0.416 e. The van der Waals surface area contributed by atoms with Crippen molar-refractivity contribution < 1.29 is 23.1 Å². The highest BCUT2D eigenvalue weighted by Gasteiger charge is 2.30. The Morgan fingerprint density at radius 3 is 2.47 bits per heavy atom. The molecule has 0 spiro atoms. The van der Waals surface area contributed by atoms with E-state index in [0.29, 0.717) is 0 Å². The van der Waals surface area contributed by atoms with Gasteiger partial charge in [-0.3, -0.25) is 0 Å². The number of carboxylic acid groups (broad SMARTS) is 1. The third-order valence-corrected chi connectivity index (χ3v) is 2.02. The Bertz CT molecular complexity index is 473. The van der Waals surface area contributed by atoms with Crippen molar-refractivity contribution in [1.82, 2.24) is 0 Å². The van der Waals surface area contributed by atoms with Gasteiger partial charge in [0, 0.05) is 0 Å². The topological polar surface area (TPSA) is 37.3 Å². The molecule has 0 aliphatic heterocycles. The van der Waals surface area contributed by atoms with E-state index in [1.165, 1.54) is 12.1 Å². The molecule has 5 heteroatoms. The summed E-state index contributed by atoms with van der Waals surface area (Å²) in [6.45, 7) is 3.32. The summed E-state index contributed by atoms with van der Waals surface area (Å²) in [5.74, 6) is -1.30. The molecule has 0 saturated carbocycles. The molecular weight excluding hydrogens is 233 g/mol. The highest BCUT2D eigenvalue weighted by molar-refractivity contribution is 6.15. The number of hydrogen-bond acceptors (Lipinski definition) is 1. The van der Waals surface area contributed by atoms with Gasteiger partial charge in [-0.05, 0) is 23.8 Å². The quantitative estimate of drug-likeness (QED) is 0.651. The fraction of sp³-hybridized carbons (Fsp3) is 0.0833. The lowest BCUT2D eigenvalue weighted by molar-refractivity contribution is -0.137. The van der Waals surface area contributed by atoms with Crippen LogP contribution in [0, 0.1) is 0 Å². The second-order valence-electron chi connectivity index (χ2n) is 3.20. The van der Waals surface area contributed by atoms with E-state index in [0.717, 1.165) is 24.3 Å². The molecule has 1 aromatic rings. The van der Waals surface area contributed by atoms with E-state index in [4.69, 9.17) is 5.11 Å². The average Bonchev–Trinajstić information content (AvgIpc) is 2.24. The van der Waals surface area contributed by atoms with Gasteiger partial charge in [0.25, 0.3) is 0 Å². The Balaban J connectivity index is 3.28. The number of aliphatic carboxylic acids is 1. The minimum atomic E-state index is -4.49. The second-order valence-corrected chi connectivity index (χ2v) is 3.20. The lowest BCUT2D eigenvalue weighted by atomic mass is 10.0. The summed E-state index contributed by atoms with van der Waals surface area (Å²) in [5, 5.41) is 8.85. The SMILES string of the molecule is C=CC=C(C(=O)O)c1cccc(C(F)(F)F)c1. The van der Waals surface area contributed by atoms with E-state index in [-0.39, 0.29) is 11.1 Å². The molecule has 1 rings (SSSR count). The van der Waals surface area contributed by atoms with Crippen LogP contribution in [-0.4, -0.2) is 11.1 Å². The van der Waals surface area contributed by atoms with Crippen molar-refractivity contribution in [2.45, 2.75) is 6.18 Å². The Morgan fingerprint density at radius 2 is 2.00 bits per heavy atom. The van der Waals surface area contributed by atoms with E-state index >= 15 is 0 Å². The summed E-state index contributed by atoms with van der Waals surface area (Å²) in [4.78, 5) is 10.9. The van der Waals surface area contributed by atoms with Crippen molar-refractivity contribution in [3.8, 4) is 0 Å². The molecule has 0 heterocycles. The highest BCUT2D eigenvalue weighted by Crippen LogP contribution is 2.31. The van der Waals surface area contributed by atoms with Crippen LogP contribution in [0.15, 0.2) is 43.0 Å². The molecule has 90 valence electrons. The summed E-state index contributed by atoms with van der Waals surface area (Å²) in [6.07, 6.45) is -2.13. The van der Waals surface area contributed by atoms with Crippen LogP contribution in [0.1, 0.15) is 11.1 Å².